The summed E-state index contributed by atoms with van der Waals surface area (Å²) in [5.74, 6) is -0.473. The van der Waals surface area contributed by atoms with Crippen molar-refractivity contribution in [1.82, 2.24) is 9.78 Å². The maximum absolute atomic E-state index is 11.7. The number of hydrogen-bond acceptors (Lipinski definition) is 5. The first-order chi connectivity index (χ1) is 8.52. The Balaban J connectivity index is 2.48. The second kappa shape index (κ2) is 7.02. The third-order valence-electron chi connectivity index (χ3n) is 2.17. The van der Waals surface area contributed by atoms with E-state index in [1.165, 1.54) is 17.1 Å². The van der Waals surface area contributed by atoms with Gasteiger partial charge in [0.05, 0.1) is 17.9 Å². The molecule has 8 heteroatoms. The van der Waals surface area contributed by atoms with Gasteiger partial charge in [-0.2, -0.15) is 16.9 Å². The minimum absolute atomic E-state index is 0.242. The van der Waals surface area contributed by atoms with Crippen LogP contribution in [0.5, 0.6) is 0 Å². The van der Waals surface area contributed by atoms with E-state index >= 15 is 0 Å². The molecule has 0 radical (unpaired) electrons. The Morgan fingerprint density at radius 2 is 2.39 bits per heavy atom. The zero-order valence-electron chi connectivity index (χ0n) is 10.00. The molecule has 0 aromatic carbocycles. The summed E-state index contributed by atoms with van der Waals surface area (Å²) in [6, 6.07) is -0.569. The van der Waals surface area contributed by atoms with Crippen LogP contribution >= 0.6 is 11.8 Å². The average molecular weight is 272 g/mol. The molecule has 0 fully saturated rings. The van der Waals surface area contributed by atoms with Crippen molar-refractivity contribution in [2.24, 2.45) is 5.73 Å². The molecule has 0 aliphatic carbocycles. The quantitative estimate of drug-likeness (QED) is 0.643. The summed E-state index contributed by atoms with van der Waals surface area (Å²) in [5, 5.41) is 15.0. The van der Waals surface area contributed by atoms with E-state index in [1.54, 1.807) is 11.8 Å². The van der Waals surface area contributed by atoms with Crippen LogP contribution in [0.15, 0.2) is 12.4 Å². The van der Waals surface area contributed by atoms with Crippen molar-refractivity contribution >= 4 is 29.3 Å². The van der Waals surface area contributed by atoms with E-state index in [9.17, 15) is 9.59 Å². The number of carbonyl (C=O) groups is 2. The SMILES string of the molecule is CSCC[C@@H](N)C(=O)Nc1cnn(CC(=O)O)c1. The van der Waals surface area contributed by atoms with Crippen LogP contribution in [0, 0.1) is 0 Å². The van der Waals surface area contributed by atoms with Gasteiger partial charge in [-0.05, 0) is 18.4 Å². The molecule has 18 heavy (non-hydrogen) atoms. The van der Waals surface area contributed by atoms with Crippen molar-refractivity contribution in [2.75, 3.05) is 17.3 Å². The van der Waals surface area contributed by atoms with Gasteiger partial charge in [0.2, 0.25) is 5.91 Å². The molecule has 1 aromatic rings. The minimum Gasteiger partial charge on any atom is -0.480 e. The largest absolute Gasteiger partial charge is 0.480 e. The van der Waals surface area contributed by atoms with Crippen LogP contribution in [0.1, 0.15) is 6.42 Å². The number of nitrogens with two attached hydrogens (primary N) is 1. The Morgan fingerprint density at radius 3 is 3.00 bits per heavy atom. The fourth-order valence-electron chi connectivity index (χ4n) is 1.26. The third-order valence-corrected chi connectivity index (χ3v) is 2.81. The molecule has 4 N–H and O–H groups in total. The van der Waals surface area contributed by atoms with E-state index in [2.05, 4.69) is 10.4 Å². The standard InChI is InChI=1S/C10H16N4O3S/c1-18-3-2-8(11)10(17)13-7-4-12-14(5-7)6-9(15)16/h4-5,8H,2-3,6,11H2,1H3,(H,13,17)(H,15,16)/t8-/m1/s1. The molecular weight excluding hydrogens is 256 g/mol. The molecule has 1 amide bonds. The smallest absolute Gasteiger partial charge is 0.325 e. The zero-order chi connectivity index (χ0) is 13.5. The predicted molar refractivity (Wildman–Crippen MR) is 69.5 cm³/mol. The van der Waals surface area contributed by atoms with Gasteiger partial charge in [-0.15, -0.1) is 0 Å². The van der Waals surface area contributed by atoms with Gasteiger partial charge in [-0.25, -0.2) is 0 Å². The lowest BCUT2D eigenvalue weighted by Gasteiger charge is -2.09. The molecule has 1 rings (SSSR count). The summed E-state index contributed by atoms with van der Waals surface area (Å²) < 4.78 is 1.23. The van der Waals surface area contributed by atoms with E-state index in [0.29, 0.717) is 12.1 Å². The first kappa shape index (κ1) is 14.5. The molecule has 0 saturated carbocycles. The number of nitrogens with one attached hydrogen (secondary N) is 1. The van der Waals surface area contributed by atoms with Gasteiger partial charge >= 0.3 is 5.97 Å². The number of carbonyl (C=O) groups excluding carboxylic acids is 1. The van der Waals surface area contributed by atoms with Gasteiger partial charge in [-0.3, -0.25) is 14.3 Å². The Morgan fingerprint density at radius 1 is 1.67 bits per heavy atom. The van der Waals surface area contributed by atoms with Crippen LogP contribution in [0.3, 0.4) is 0 Å². The van der Waals surface area contributed by atoms with Gasteiger partial charge in [-0.1, -0.05) is 0 Å². The van der Waals surface area contributed by atoms with Crippen molar-refractivity contribution in [1.29, 1.82) is 0 Å². The van der Waals surface area contributed by atoms with Crippen LogP contribution < -0.4 is 11.1 Å². The number of rotatable bonds is 7. The van der Waals surface area contributed by atoms with E-state index in [0.717, 1.165) is 5.75 Å². The highest BCUT2D eigenvalue weighted by Gasteiger charge is 2.14. The van der Waals surface area contributed by atoms with Crippen LogP contribution in [0.2, 0.25) is 0 Å². The molecule has 0 unspecified atom stereocenters. The first-order valence-corrected chi connectivity index (χ1v) is 6.72. The second-order valence-electron chi connectivity index (χ2n) is 3.70. The fraction of sp³-hybridized carbons (Fsp3) is 0.500. The normalized spacial score (nSPS) is 12.1. The van der Waals surface area contributed by atoms with E-state index in [4.69, 9.17) is 10.8 Å². The Labute approximate surface area is 109 Å². The second-order valence-corrected chi connectivity index (χ2v) is 4.68. The predicted octanol–water partition coefficient (Wildman–Crippen LogP) is -0.0134. The van der Waals surface area contributed by atoms with Crippen molar-refractivity contribution < 1.29 is 14.7 Å². The van der Waals surface area contributed by atoms with Crippen LogP contribution in [-0.4, -0.2) is 44.8 Å². The maximum Gasteiger partial charge on any atom is 0.325 e. The topological polar surface area (TPSA) is 110 Å². The summed E-state index contributed by atoms with van der Waals surface area (Å²) >= 11 is 1.62. The minimum atomic E-state index is -0.993. The number of anilines is 1. The maximum atomic E-state index is 11.7. The molecule has 0 spiro atoms. The monoisotopic (exact) mass is 272 g/mol. The zero-order valence-corrected chi connectivity index (χ0v) is 10.8. The molecule has 0 bridgehead atoms. The number of carboxylic acid groups (broad SMARTS) is 1. The molecule has 0 aliphatic rings. The molecule has 7 nitrogen and oxygen atoms in total. The van der Waals surface area contributed by atoms with E-state index in [-0.39, 0.29) is 12.5 Å². The summed E-state index contributed by atoms with van der Waals surface area (Å²) in [7, 11) is 0. The van der Waals surface area contributed by atoms with Gasteiger partial charge in [0, 0.05) is 6.20 Å². The highest BCUT2D eigenvalue weighted by Crippen LogP contribution is 2.06. The van der Waals surface area contributed by atoms with Gasteiger partial charge in [0.1, 0.15) is 6.54 Å². The lowest BCUT2D eigenvalue weighted by molar-refractivity contribution is -0.137. The highest BCUT2D eigenvalue weighted by molar-refractivity contribution is 7.98. The van der Waals surface area contributed by atoms with Crippen molar-refractivity contribution in [2.45, 2.75) is 19.0 Å². The Kier molecular flexibility index (Phi) is 5.66. The highest BCUT2D eigenvalue weighted by atomic mass is 32.2. The number of aromatic nitrogens is 2. The number of thioether (sulfide) groups is 1. The number of nitrogens with zero attached hydrogens (tertiary/aromatic N) is 2. The molecule has 1 heterocycles. The number of hydrogen-bond donors (Lipinski definition) is 3. The van der Waals surface area contributed by atoms with E-state index < -0.39 is 12.0 Å². The Bertz CT molecular complexity index is 421. The number of aliphatic carboxylic acids is 1. The van der Waals surface area contributed by atoms with Crippen LogP contribution in [0.25, 0.3) is 0 Å². The summed E-state index contributed by atoms with van der Waals surface area (Å²) in [4.78, 5) is 22.1. The average Bonchev–Trinajstić information content (AvgIpc) is 2.72. The molecule has 100 valence electrons. The number of amides is 1. The van der Waals surface area contributed by atoms with Crippen LogP contribution in [0.4, 0.5) is 5.69 Å². The Hall–Kier alpha value is -1.54. The van der Waals surface area contributed by atoms with Gasteiger partial charge < -0.3 is 16.2 Å². The van der Waals surface area contributed by atoms with E-state index in [1.807, 2.05) is 6.26 Å². The van der Waals surface area contributed by atoms with Gasteiger partial charge in [0.25, 0.3) is 0 Å². The fourth-order valence-corrected chi connectivity index (χ4v) is 1.75. The summed E-state index contributed by atoms with van der Waals surface area (Å²) in [6.45, 7) is -0.242. The third kappa shape index (κ3) is 4.76. The van der Waals surface area contributed by atoms with Crippen LogP contribution in [-0.2, 0) is 16.1 Å². The summed E-state index contributed by atoms with van der Waals surface area (Å²) in [5.41, 5.74) is 6.14. The van der Waals surface area contributed by atoms with Crippen molar-refractivity contribution in [3.63, 3.8) is 0 Å². The summed E-state index contributed by atoms with van der Waals surface area (Å²) in [6.07, 6.45) is 5.38. The molecule has 1 atom stereocenters. The lowest BCUT2D eigenvalue weighted by atomic mass is 10.2. The number of carboxylic acids is 1. The molecule has 0 aliphatic heterocycles. The van der Waals surface area contributed by atoms with Crippen molar-refractivity contribution in [3.8, 4) is 0 Å². The lowest BCUT2D eigenvalue weighted by Crippen LogP contribution is -2.35. The molecule has 1 aromatic heterocycles. The molecular formula is C10H16N4O3S. The van der Waals surface area contributed by atoms with Gasteiger partial charge in [0.15, 0.2) is 0 Å². The van der Waals surface area contributed by atoms with Crippen molar-refractivity contribution in [3.05, 3.63) is 12.4 Å². The molecule has 0 saturated heterocycles. The first-order valence-electron chi connectivity index (χ1n) is 5.32.